The number of anilines is 1. The molecule has 0 amide bonds. The van der Waals surface area contributed by atoms with Gasteiger partial charge in [-0.2, -0.15) is 9.61 Å². The lowest BCUT2D eigenvalue weighted by atomic mass is 10.1. The first-order valence-corrected chi connectivity index (χ1v) is 7.23. The molecule has 2 aromatic heterocycles. The van der Waals surface area contributed by atoms with Crippen molar-refractivity contribution in [2.75, 3.05) is 5.73 Å². The monoisotopic (exact) mass is 337 g/mol. The topological polar surface area (TPSA) is 102 Å². The quantitative estimate of drug-likeness (QED) is 0.680. The second-order valence-corrected chi connectivity index (χ2v) is 5.56. The Hall–Kier alpha value is -1.86. The summed E-state index contributed by atoms with van der Waals surface area (Å²) < 4.78 is 1.46. The molecule has 0 saturated carbocycles. The van der Waals surface area contributed by atoms with Crippen molar-refractivity contribution in [2.45, 2.75) is 13.2 Å². The lowest BCUT2D eigenvalue weighted by Gasteiger charge is -2.13. The molecule has 5 N–H and O–H groups in total. The van der Waals surface area contributed by atoms with Crippen LogP contribution < -0.4 is 11.5 Å². The number of nitrogen functional groups attached to an aromatic ring is 1. The van der Waals surface area contributed by atoms with Crippen LogP contribution in [0.5, 0.6) is 0 Å². The first-order chi connectivity index (χ1) is 10.6. The third-order valence-electron chi connectivity index (χ3n) is 3.42. The van der Waals surface area contributed by atoms with Crippen molar-refractivity contribution >= 4 is 34.7 Å². The van der Waals surface area contributed by atoms with E-state index in [1.807, 2.05) is 0 Å². The number of aromatic nitrogens is 3. The van der Waals surface area contributed by atoms with E-state index in [0.29, 0.717) is 43.9 Å². The molecule has 1 aromatic carbocycles. The van der Waals surface area contributed by atoms with Crippen LogP contribution in [0.2, 0.25) is 10.0 Å². The fourth-order valence-electron chi connectivity index (χ4n) is 2.31. The highest BCUT2D eigenvalue weighted by molar-refractivity contribution is 6.36. The zero-order valence-corrected chi connectivity index (χ0v) is 12.9. The molecule has 22 heavy (non-hydrogen) atoms. The van der Waals surface area contributed by atoms with E-state index in [2.05, 4.69) is 10.1 Å². The Kier molecular flexibility index (Phi) is 3.92. The van der Waals surface area contributed by atoms with Gasteiger partial charge in [0.15, 0.2) is 5.65 Å². The van der Waals surface area contributed by atoms with Crippen molar-refractivity contribution in [3.63, 3.8) is 0 Å². The highest BCUT2D eigenvalue weighted by atomic mass is 35.5. The molecule has 0 fully saturated rings. The van der Waals surface area contributed by atoms with Crippen molar-refractivity contribution in [3.05, 3.63) is 45.6 Å². The molecule has 0 spiro atoms. The van der Waals surface area contributed by atoms with E-state index in [1.54, 1.807) is 18.2 Å². The van der Waals surface area contributed by atoms with E-state index in [4.69, 9.17) is 34.7 Å². The Morgan fingerprint density at radius 2 is 2.05 bits per heavy atom. The van der Waals surface area contributed by atoms with Crippen LogP contribution >= 0.6 is 23.2 Å². The first-order valence-electron chi connectivity index (χ1n) is 6.48. The van der Waals surface area contributed by atoms with E-state index < -0.39 is 0 Å². The summed E-state index contributed by atoms with van der Waals surface area (Å²) in [5.41, 5.74) is 14.9. The molecule has 0 radical (unpaired) electrons. The SMILES string of the molecule is NCc1c(-c2ccc(Cl)cc2Cl)nc2c(CO)cnn2c1N. The zero-order chi connectivity index (χ0) is 15.9. The predicted octanol–water partition coefficient (Wildman–Crippen LogP) is 2.24. The van der Waals surface area contributed by atoms with Crippen LogP contribution in [0.4, 0.5) is 5.82 Å². The molecule has 0 saturated heterocycles. The van der Waals surface area contributed by atoms with Gasteiger partial charge in [0, 0.05) is 28.3 Å². The van der Waals surface area contributed by atoms with Crippen LogP contribution in [-0.2, 0) is 13.2 Å². The molecule has 0 aliphatic heterocycles. The molecule has 3 aromatic rings. The highest BCUT2D eigenvalue weighted by Gasteiger charge is 2.18. The number of hydrogen-bond acceptors (Lipinski definition) is 5. The largest absolute Gasteiger partial charge is 0.391 e. The van der Waals surface area contributed by atoms with Crippen LogP contribution in [0.3, 0.4) is 0 Å². The van der Waals surface area contributed by atoms with E-state index in [9.17, 15) is 5.11 Å². The van der Waals surface area contributed by atoms with Gasteiger partial charge in [0.25, 0.3) is 0 Å². The Morgan fingerprint density at radius 3 is 2.68 bits per heavy atom. The molecule has 0 unspecified atom stereocenters. The van der Waals surface area contributed by atoms with E-state index in [0.717, 1.165) is 0 Å². The molecule has 3 rings (SSSR count). The van der Waals surface area contributed by atoms with Crippen molar-refractivity contribution < 1.29 is 5.11 Å². The summed E-state index contributed by atoms with van der Waals surface area (Å²) in [6.07, 6.45) is 1.52. The smallest absolute Gasteiger partial charge is 0.163 e. The average Bonchev–Trinajstić information content (AvgIpc) is 2.90. The van der Waals surface area contributed by atoms with Gasteiger partial charge in [-0.1, -0.05) is 23.2 Å². The number of fused-ring (bicyclic) bond motifs is 1. The minimum Gasteiger partial charge on any atom is -0.391 e. The third kappa shape index (κ3) is 2.30. The standard InChI is InChI=1S/C14H13Cl2N5O/c15-8-1-2-9(11(16)3-8)12-10(4-17)13(18)21-14(20-12)7(6-22)5-19-21/h1-3,5,22H,4,6,17-18H2. The highest BCUT2D eigenvalue weighted by Crippen LogP contribution is 2.34. The van der Waals surface area contributed by atoms with Crippen LogP contribution in [0.25, 0.3) is 16.9 Å². The van der Waals surface area contributed by atoms with Crippen LogP contribution in [0.1, 0.15) is 11.1 Å². The summed E-state index contributed by atoms with van der Waals surface area (Å²) in [7, 11) is 0. The van der Waals surface area contributed by atoms with Crippen LogP contribution in [-0.4, -0.2) is 19.7 Å². The van der Waals surface area contributed by atoms with Gasteiger partial charge in [0.2, 0.25) is 0 Å². The van der Waals surface area contributed by atoms with Crippen LogP contribution in [0, 0.1) is 0 Å². The number of aliphatic hydroxyl groups excluding tert-OH is 1. The van der Waals surface area contributed by atoms with Crippen LogP contribution in [0.15, 0.2) is 24.4 Å². The number of rotatable bonds is 3. The molecule has 0 bridgehead atoms. The zero-order valence-electron chi connectivity index (χ0n) is 11.4. The van der Waals surface area contributed by atoms with Gasteiger partial charge in [-0.05, 0) is 18.2 Å². The Bertz CT molecular complexity index is 862. The first kappa shape index (κ1) is 15.1. The lowest BCUT2D eigenvalue weighted by Crippen LogP contribution is -2.11. The maximum absolute atomic E-state index is 9.39. The molecule has 114 valence electrons. The van der Waals surface area contributed by atoms with E-state index in [1.165, 1.54) is 10.7 Å². The van der Waals surface area contributed by atoms with Gasteiger partial charge in [-0.3, -0.25) is 0 Å². The third-order valence-corrected chi connectivity index (χ3v) is 3.97. The number of nitrogens with zero attached hydrogens (tertiary/aromatic N) is 3. The lowest BCUT2D eigenvalue weighted by molar-refractivity contribution is 0.283. The fourth-order valence-corrected chi connectivity index (χ4v) is 2.81. The summed E-state index contributed by atoms with van der Waals surface area (Å²) in [5.74, 6) is 0.369. The molecule has 6 nitrogen and oxygen atoms in total. The maximum Gasteiger partial charge on any atom is 0.163 e. The van der Waals surface area contributed by atoms with Crippen molar-refractivity contribution in [3.8, 4) is 11.3 Å². The van der Waals surface area contributed by atoms with Crippen molar-refractivity contribution in [2.24, 2.45) is 5.73 Å². The predicted molar refractivity (Wildman–Crippen MR) is 86.7 cm³/mol. The fraction of sp³-hybridized carbons (Fsp3) is 0.143. The molecule has 0 aliphatic rings. The number of benzene rings is 1. The van der Waals surface area contributed by atoms with E-state index >= 15 is 0 Å². The Labute approximate surface area is 136 Å². The minimum atomic E-state index is -0.189. The minimum absolute atomic E-state index is 0.178. The molecule has 0 aliphatic carbocycles. The van der Waals surface area contributed by atoms with Crippen molar-refractivity contribution in [1.82, 2.24) is 14.6 Å². The van der Waals surface area contributed by atoms with Gasteiger partial charge in [0.05, 0.1) is 23.5 Å². The molecular formula is C14H13Cl2N5O. The molecule has 8 heteroatoms. The Balaban J connectivity index is 2.36. The van der Waals surface area contributed by atoms with Gasteiger partial charge in [-0.15, -0.1) is 0 Å². The van der Waals surface area contributed by atoms with Gasteiger partial charge >= 0.3 is 0 Å². The molecule has 0 atom stereocenters. The summed E-state index contributed by atoms with van der Waals surface area (Å²) in [4.78, 5) is 4.55. The maximum atomic E-state index is 9.39. The summed E-state index contributed by atoms with van der Waals surface area (Å²) in [6.45, 7) is -0.0108. The van der Waals surface area contributed by atoms with E-state index in [-0.39, 0.29) is 13.2 Å². The summed E-state index contributed by atoms with van der Waals surface area (Å²) in [5, 5.41) is 14.5. The van der Waals surface area contributed by atoms with Gasteiger partial charge in [0.1, 0.15) is 5.82 Å². The number of nitrogens with two attached hydrogens (primary N) is 2. The number of aliphatic hydroxyl groups is 1. The second-order valence-electron chi connectivity index (χ2n) is 4.72. The normalized spacial score (nSPS) is 11.3. The second kappa shape index (κ2) is 5.73. The summed E-state index contributed by atoms with van der Waals surface area (Å²) >= 11 is 12.2. The Morgan fingerprint density at radius 1 is 1.27 bits per heavy atom. The summed E-state index contributed by atoms with van der Waals surface area (Å²) in [6, 6.07) is 5.11. The molecule has 2 heterocycles. The van der Waals surface area contributed by atoms with Gasteiger partial charge in [-0.25, -0.2) is 4.98 Å². The van der Waals surface area contributed by atoms with Gasteiger partial charge < -0.3 is 16.6 Å². The number of hydrogen-bond donors (Lipinski definition) is 3. The number of halogens is 2. The molecular weight excluding hydrogens is 325 g/mol. The van der Waals surface area contributed by atoms with Crippen molar-refractivity contribution in [1.29, 1.82) is 0 Å². The average molecular weight is 338 g/mol.